The Morgan fingerprint density at radius 3 is 1.92 bits per heavy atom. The third-order valence-electron chi connectivity index (χ3n) is 9.54. The first-order valence-corrected chi connectivity index (χ1v) is 17.1. The molecule has 0 N–H and O–H groups in total. The molecule has 4 aromatic carbocycles. The normalized spacial score (nSPS) is 18.8. The molecule has 0 amide bonds. The van der Waals surface area contributed by atoms with Crippen molar-refractivity contribution in [2.75, 3.05) is 6.61 Å². The maximum atomic E-state index is 14.4. The van der Waals surface area contributed by atoms with Crippen LogP contribution in [0.1, 0.15) is 69.2 Å². The Kier molecular flexibility index (Phi) is 11.8. The van der Waals surface area contributed by atoms with E-state index in [9.17, 15) is 9.59 Å². The summed E-state index contributed by atoms with van der Waals surface area (Å²) in [5.41, 5.74) is 4.40. The monoisotopic (exact) mass is 641 g/mol. The van der Waals surface area contributed by atoms with E-state index in [0.29, 0.717) is 18.1 Å². The van der Waals surface area contributed by atoms with Crippen LogP contribution in [-0.2, 0) is 30.9 Å². The lowest BCUT2D eigenvalue weighted by molar-refractivity contribution is -0.159. The highest BCUT2D eigenvalue weighted by molar-refractivity contribution is 6.14. The number of hydrogen-bond donors (Lipinski definition) is 0. The molecule has 0 aromatic heterocycles. The molecule has 0 heterocycles. The van der Waals surface area contributed by atoms with Crippen LogP contribution in [0.25, 0.3) is 0 Å². The van der Waals surface area contributed by atoms with Crippen molar-refractivity contribution in [3.8, 4) is 0 Å². The molecule has 0 bridgehead atoms. The fourth-order valence-corrected chi connectivity index (χ4v) is 6.84. The first-order chi connectivity index (χ1) is 23.3. The van der Waals surface area contributed by atoms with E-state index >= 15 is 0 Å². The molecule has 1 aliphatic carbocycles. The Morgan fingerprint density at radius 1 is 0.812 bits per heavy atom. The van der Waals surface area contributed by atoms with Gasteiger partial charge >= 0.3 is 11.9 Å². The van der Waals surface area contributed by atoms with Gasteiger partial charge in [-0.15, -0.1) is 0 Å². The smallest absolute Gasteiger partial charge is 0.356 e. The minimum absolute atomic E-state index is 0.0793. The highest BCUT2D eigenvalue weighted by Gasteiger charge is 2.42. The van der Waals surface area contributed by atoms with E-state index in [4.69, 9.17) is 14.5 Å². The van der Waals surface area contributed by atoms with Crippen LogP contribution in [0.2, 0.25) is 0 Å². The van der Waals surface area contributed by atoms with Gasteiger partial charge in [0.05, 0.1) is 18.2 Å². The number of ether oxygens (including phenoxy) is 2. The molecule has 48 heavy (non-hydrogen) atoms. The lowest BCUT2D eigenvalue weighted by atomic mass is 9.64. The predicted molar refractivity (Wildman–Crippen MR) is 193 cm³/mol. The van der Waals surface area contributed by atoms with Gasteiger partial charge in [-0.3, -0.25) is 4.79 Å². The number of benzene rings is 4. The molecule has 0 radical (unpaired) electrons. The average molecular weight is 642 g/mol. The van der Waals surface area contributed by atoms with Crippen LogP contribution in [0.15, 0.2) is 138 Å². The number of rotatable bonds is 12. The van der Waals surface area contributed by atoms with Gasteiger partial charge in [-0.05, 0) is 54.7 Å². The molecule has 0 aliphatic heterocycles. The second kappa shape index (κ2) is 16.4. The summed E-state index contributed by atoms with van der Waals surface area (Å²) in [7, 11) is 0. The molecule has 4 atom stereocenters. The van der Waals surface area contributed by atoms with Crippen molar-refractivity contribution < 1.29 is 19.1 Å². The van der Waals surface area contributed by atoms with Crippen molar-refractivity contribution in [3.05, 3.63) is 155 Å². The SMILES string of the molecule is CCOC(=O)/C(=C/[C@@H](Cc1ccccc1)C(=O)OC1CC(C)CCC1C(C)(C)c1ccccc1)N=C(c1ccccc1)c1ccccc1. The summed E-state index contributed by atoms with van der Waals surface area (Å²) in [6, 6.07) is 39.8. The fourth-order valence-electron chi connectivity index (χ4n) is 6.84. The minimum atomic E-state index is -0.763. The molecule has 0 spiro atoms. The largest absolute Gasteiger partial charge is 0.462 e. The Hall–Kier alpha value is -4.77. The number of carbonyl (C=O) groups excluding carboxylic acids is 2. The van der Waals surface area contributed by atoms with Crippen LogP contribution in [-0.4, -0.2) is 30.4 Å². The Labute approximate surface area is 285 Å². The number of carbonyl (C=O) groups is 2. The van der Waals surface area contributed by atoms with E-state index < -0.39 is 11.9 Å². The molecule has 3 unspecified atom stereocenters. The summed E-state index contributed by atoms with van der Waals surface area (Å²) in [5, 5.41) is 0. The average Bonchev–Trinajstić information content (AvgIpc) is 3.11. The van der Waals surface area contributed by atoms with Crippen LogP contribution >= 0.6 is 0 Å². The summed E-state index contributed by atoms with van der Waals surface area (Å²) >= 11 is 0. The summed E-state index contributed by atoms with van der Waals surface area (Å²) < 4.78 is 12.1. The van der Waals surface area contributed by atoms with Crippen LogP contribution in [0, 0.1) is 17.8 Å². The molecular formula is C43H47NO4. The number of hydrogen-bond acceptors (Lipinski definition) is 5. The lowest BCUT2D eigenvalue weighted by Crippen LogP contribution is -2.44. The zero-order chi connectivity index (χ0) is 33.9. The first kappa shape index (κ1) is 34.6. The molecule has 5 rings (SSSR count). The van der Waals surface area contributed by atoms with Crippen molar-refractivity contribution in [2.45, 2.75) is 64.9 Å². The van der Waals surface area contributed by atoms with Gasteiger partial charge in [0.15, 0.2) is 0 Å². The molecular weight excluding hydrogens is 594 g/mol. The predicted octanol–water partition coefficient (Wildman–Crippen LogP) is 9.16. The van der Waals surface area contributed by atoms with E-state index in [2.05, 4.69) is 45.0 Å². The lowest BCUT2D eigenvalue weighted by Gasteiger charge is -2.44. The van der Waals surface area contributed by atoms with Crippen LogP contribution in [0.4, 0.5) is 0 Å². The Balaban J connectivity index is 1.56. The zero-order valence-corrected chi connectivity index (χ0v) is 28.5. The van der Waals surface area contributed by atoms with E-state index in [0.717, 1.165) is 36.0 Å². The third kappa shape index (κ3) is 8.77. The van der Waals surface area contributed by atoms with Crippen molar-refractivity contribution in [2.24, 2.45) is 22.7 Å². The zero-order valence-electron chi connectivity index (χ0n) is 28.5. The molecule has 248 valence electrons. The van der Waals surface area contributed by atoms with Gasteiger partial charge in [0, 0.05) is 17.0 Å². The van der Waals surface area contributed by atoms with Gasteiger partial charge < -0.3 is 9.47 Å². The van der Waals surface area contributed by atoms with Gasteiger partial charge in [-0.25, -0.2) is 9.79 Å². The number of nitrogens with zero attached hydrogens (tertiary/aromatic N) is 1. The van der Waals surface area contributed by atoms with E-state index in [1.807, 2.05) is 97.1 Å². The van der Waals surface area contributed by atoms with E-state index in [1.165, 1.54) is 5.56 Å². The van der Waals surface area contributed by atoms with Crippen molar-refractivity contribution in [1.82, 2.24) is 0 Å². The van der Waals surface area contributed by atoms with Gasteiger partial charge in [0.2, 0.25) is 0 Å². The molecule has 1 saturated carbocycles. The standard InChI is InChI=1S/C43H47NO4/c1-5-47-42(46)38(44-40(33-20-12-7-13-21-33)34-22-14-8-15-23-34)30-35(29-32-18-10-6-11-19-32)41(45)48-39-28-31(2)26-27-37(39)43(3,4)36-24-16-9-17-25-36/h6-25,30-31,35,37,39H,5,26-29H2,1-4H3/b38-30-/t31?,35-,37?,39?/m1/s1. The maximum absolute atomic E-state index is 14.4. The van der Waals surface area contributed by atoms with Crippen molar-refractivity contribution in [3.63, 3.8) is 0 Å². The summed E-state index contributed by atoms with van der Waals surface area (Å²) in [6.07, 6.45) is 4.61. The second-order valence-corrected chi connectivity index (χ2v) is 13.3. The molecule has 5 nitrogen and oxygen atoms in total. The Bertz CT molecular complexity index is 1640. The third-order valence-corrected chi connectivity index (χ3v) is 9.54. The topological polar surface area (TPSA) is 65.0 Å². The molecule has 0 saturated heterocycles. The van der Waals surface area contributed by atoms with Crippen LogP contribution in [0.3, 0.4) is 0 Å². The summed E-state index contributed by atoms with van der Waals surface area (Å²) in [6.45, 7) is 8.70. The number of aliphatic imine (C=N–C) groups is 1. The molecule has 4 aromatic rings. The quantitative estimate of drug-likeness (QED) is 0.0879. The first-order valence-electron chi connectivity index (χ1n) is 17.1. The maximum Gasteiger partial charge on any atom is 0.356 e. The van der Waals surface area contributed by atoms with Gasteiger partial charge in [0.1, 0.15) is 11.8 Å². The summed E-state index contributed by atoms with van der Waals surface area (Å²) in [5.74, 6) is -1.12. The second-order valence-electron chi connectivity index (χ2n) is 13.3. The van der Waals surface area contributed by atoms with Gasteiger partial charge in [0.25, 0.3) is 0 Å². The van der Waals surface area contributed by atoms with Gasteiger partial charge in [-0.1, -0.05) is 149 Å². The van der Waals surface area contributed by atoms with Crippen molar-refractivity contribution in [1.29, 1.82) is 0 Å². The highest BCUT2D eigenvalue weighted by Crippen LogP contribution is 2.44. The van der Waals surface area contributed by atoms with Crippen LogP contribution < -0.4 is 0 Å². The molecule has 1 fully saturated rings. The molecule has 1 aliphatic rings. The fraction of sp³-hybridized carbons (Fsp3) is 0.326. The minimum Gasteiger partial charge on any atom is -0.462 e. The van der Waals surface area contributed by atoms with Gasteiger partial charge in [-0.2, -0.15) is 0 Å². The molecule has 5 heteroatoms. The van der Waals surface area contributed by atoms with Crippen molar-refractivity contribution >= 4 is 17.7 Å². The highest BCUT2D eigenvalue weighted by atomic mass is 16.5. The van der Waals surface area contributed by atoms with Crippen LogP contribution in [0.5, 0.6) is 0 Å². The Morgan fingerprint density at radius 2 is 1.35 bits per heavy atom. The van der Waals surface area contributed by atoms with E-state index in [-0.39, 0.29) is 35.7 Å². The van der Waals surface area contributed by atoms with E-state index in [1.54, 1.807) is 13.0 Å². The number of esters is 2. The summed E-state index contributed by atoms with van der Waals surface area (Å²) in [4.78, 5) is 32.9.